The molecule has 3 aromatic rings. The number of thiophene rings is 1. The molecule has 176 valence electrons. The minimum absolute atomic E-state index is 0.120. The van der Waals surface area contributed by atoms with Gasteiger partial charge in [0.15, 0.2) is 0 Å². The van der Waals surface area contributed by atoms with Crippen LogP contribution in [-0.2, 0) is 11.3 Å². The summed E-state index contributed by atoms with van der Waals surface area (Å²) >= 11 is 1.51. The van der Waals surface area contributed by atoms with Crippen LogP contribution < -0.4 is 15.8 Å². The highest BCUT2D eigenvalue weighted by molar-refractivity contribution is 7.18. The lowest BCUT2D eigenvalue weighted by atomic mass is 10.0. The van der Waals surface area contributed by atoms with Crippen LogP contribution in [0.2, 0.25) is 0 Å². The number of fused-ring (bicyclic) bond motifs is 1. The Balaban J connectivity index is 1.45. The van der Waals surface area contributed by atoms with Crippen LogP contribution in [0.1, 0.15) is 35.4 Å². The lowest BCUT2D eigenvalue weighted by Gasteiger charge is -2.36. The molecule has 0 aliphatic carbocycles. The highest BCUT2D eigenvalue weighted by Crippen LogP contribution is 2.28. The standard InChI is InChI=1S/C24H30FN5O2S/c1-15-17(3)33-23-22(15)24(32)30(14-26-23)8-7-21(31)27-16(2)19-13-18(25)5-6-20(19)29-11-9-28(4)10-12-29/h5-6,13-14,16H,7-12H2,1-4H3,(H,27,31). The number of amides is 1. The number of nitrogens with zero attached hydrogens (tertiary/aromatic N) is 4. The number of carbonyl (C=O) groups is 1. The molecule has 1 saturated heterocycles. The third kappa shape index (κ3) is 4.94. The second kappa shape index (κ2) is 9.61. The molecule has 33 heavy (non-hydrogen) atoms. The first-order valence-electron chi connectivity index (χ1n) is 11.2. The van der Waals surface area contributed by atoms with E-state index in [4.69, 9.17) is 0 Å². The highest BCUT2D eigenvalue weighted by Gasteiger charge is 2.21. The van der Waals surface area contributed by atoms with Crippen LogP contribution in [0.3, 0.4) is 0 Å². The van der Waals surface area contributed by atoms with Crippen LogP contribution in [-0.4, -0.2) is 53.6 Å². The van der Waals surface area contributed by atoms with Gasteiger partial charge in [-0.05, 0) is 51.6 Å². The summed E-state index contributed by atoms with van der Waals surface area (Å²) in [5.41, 5.74) is 2.54. The molecule has 0 saturated carbocycles. The smallest absolute Gasteiger partial charge is 0.262 e. The number of halogens is 1. The predicted octanol–water partition coefficient (Wildman–Crippen LogP) is 3.23. The molecule has 9 heteroatoms. The fraction of sp³-hybridized carbons (Fsp3) is 0.458. The Morgan fingerprint density at radius 3 is 2.70 bits per heavy atom. The van der Waals surface area contributed by atoms with E-state index in [0.29, 0.717) is 5.39 Å². The number of anilines is 1. The van der Waals surface area contributed by atoms with Crippen LogP contribution in [0.4, 0.5) is 10.1 Å². The van der Waals surface area contributed by atoms with Gasteiger partial charge >= 0.3 is 0 Å². The maximum Gasteiger partial charge on any atom is 0.262 e. The summed E-state index contributed by atoms with van der Waals surface area (Å²) in [6.07, 6.45) is 1.65. The summed E-state index contributed by atoms with van der Waals surface area (Å²) in [6.45, 7) is 9.59. The van der Waals surface area contributed by atoms with E-state index in [-0.39, 0.29) is 36.3 Å². The predicted molar refractivity (Wildman–Crippen MR) is 131 cm³/mol. The number of benzene rings is 1. The first-order chi connectivity index (χ1) is 15.7. The third-order valence-electron chi connectivity index (χ3n) is 6.41. The van der Waals surface area contributed by atoms with E-state index < -0.39 is 0 Å². The first kappa shape index (κ1) is 23.4. The summed E-state index contributed by atoms with van der Waals surface area (Å²) in [7, 11) is 2.09. The first-order valence-corrected chi connectivity index (χ1v) is 12.0. The van der Waals surface area contributed by atoms with Crippen molar-refractivity contribution in [1.82, 2.24) is 19.8 Å². The molecule has 0 spiro atoms. The van der Waals surface area contributed by atoms with Crippen LogP contribution in [0.5, 0.6) is 0 Å². The van der Waals surface area contributed by atoms with Gasteiger partial charge in [-0.15, -0.1) is 11.3 Å². The molecule has 1 aromatic carbocycles. The maximum absolute atomic E-state index is 14.1. The summed E-state index contributed by atoms with van der Waals surface area (Å²) < 4.78 is 15.6. The minimum atomic E-state index is -0.359. The monoisotopic (exact) mass is 471 g/mol. The Morgan fingerprint density at radius 1 is 1.24 bits per heavy atom. The molecule has 1 atom stereocenters. The van der Waals surface area contributed by atoms with Gasteiger partial charge < -0.3 is 15.1 Å². The van der Waals surface area contributed by atoms with Crippen molar-refractivity contribution in [2.75, 3.05) is 38.1 Å². The molecule has 7 nitrogen and oxygen atoms in total. The van der Waals surface area contributed by atoms with E-state index in [2.05, 4.69) is 27.1 Å². The second-order valence-electron chi connectivity index (χ2n) is 8.74. The van der Waals surface area contributed by atoms with Gasteiger partial charge in [0.1, 0.15) is 10.6 Å². The zero-order valence-electron chi connectivity index (χ0n) is 19.5. The Kier molecular flexibility index (Phi) is 6.81. The number of aromatic nitrogens is 2. The molecule has 0 bridgehead atoms. The Bertz CT molecular complexity index is 1230. The van der Waals surface area contributed by atoms with Crippen molar-refractivity contribution in [3.8, 4) is 0 Å². The molecule has 2 aromatic heterocycles. The van der Waals surface area contributed by atoms with Crippen molar-refractivity contribution in [2.24, 2.45) is 0 Å². The highest BCUT2D eigenvalue weighted by atomic mass is 32.1. The molecule has 0 radical (unpaired) electrons. The quantitative estimate of drug-likeness (QED) is 0.598. The van der Waals surface area contributed by atoms with E-state index in [1.54, 1.807) is 6.07 Å². The van der Waals surface area contributed by atoms with Crippen molar-refractivity contribution in [3.63, 3.8) is 0 Å². The fourth-order valence-electron chi connectivity index (χ4n) is 4.25. The van der Waals surface area contributed by atoms with Gasteiger partial charge in [-0.3, -0.25) is 14.2 Å². The van der Waals surface area contributed by atoms with Gasteiger partial charge in [-0.2, -0.15) is 0 Å². The molecule has 1 unspecified atom stereocenters. The third-order valence-corrected chi connectivity index (χ3v) is 7.53. The lowest BCUT2D eigenvalue weighted by molar-refractivity contribution is -0.121. The number of rotatable bonds is 6. The molecular formula is C24H30FN5O2S. The van der Waals surface area contributed by atoms with Gasteiger partial charge in [0.05, 0.1) is 17.8 Å². The van der Waals surface area contributed by atoms with Crippen molar-refractivity contribution in [2.45, 2.75) is 39.8 Å². The van der Waals surface area contributed by atoms with Crippen LogP contribution >= 0.6 is 11.3 Å². The number of aryl methyl sites for hydroxylation is 3. The molecule has 1 aliphatic heterocycles. The lowest BCUT2D eigenvalue weighted by Crippen LogP contribution is -2.45. The Labute approximate surface area is 196 Å². The Morgan fingerprint density at radius 2 is 1.97 bits per heavy atom. The van der Waals surface area contributed by atoms with Crippen molar-refractivity contribution in [1.29, 1.82) is 0 Å². The molecular weight excluding hydrogens is 441 g/mol. The molecule has 1 aliphatic rings. The van der Waals surface area contributed by atoms with Crippen molar-refractivity contribution < 1.29 is 9.18 Å². The summed E-state index contributed by atoms with van der Waals surface area (Å²) in [4.78, 5) is 36.2. The van der Waals surface area contributed by atoms with E-state index in [1.165, 1.54) is 34.4 Å². The zero-order valence-corrected chi connectivity index (χ0v) is 20.3. The van der Waals surface area contributed by atoms with Crippen molar-refractivity contribution >= 4 is 33.1 Å². The van der Waals surface area contributed by atoms with E-state index in [9.17, 15) is 14.0 Å². The zero-order chi connectivity index (χ0) is 23.7. The van der Waals surface area contributed by atoms with Gasteiger partial charge in [0.2, 0.25) is 5.91 Å². The second-order valence-corrected chi connectivity index (χ2v) is 9.94. The van der Waals surface area contributed by atoms with E-state index in [1.807, 2.05) is 20.8 Å². The fourth-order valence-corrected chi connectivity index (χ4v) is 5.24. The summed E-state index contributed by atoms with van der Waals surface area (Å²) in [5, 5.41) is 3.61. The molecule has 1 N–H and O–H groups in total. The van der Waals surface area contributed by atoms with Gasteiger partial charge in [-0.1, -0.05) is 0 Å². The van der Waals surface area contributed by atoms with Gasteiger partial charge in [0, 0.05) is 55.3 Å². The minimum Gasteiger partial charge on any atom is -0.369 e. The average molecular weight is 472 g/mol. The summed E-state index contributed by atoms with van der Waals surface area (Å²) in [6, 6.07) is 4.41. The van der Waals surface area contributed by atoms with E-state index >= 15 is 0 Å². The molecule has 3 heterocycles. The molecule has 1 fully saturated rings. The number of likely N-dealkylation sites (N-methyl/N-ethyl adjacent to an activating group) is 1. The van der Waals surface area contributed by atoms with E-state index in [0.717, 1.165) is 52.7 Å². The molecule has 1 amide bonds. The normalized spacial score (nSPS) is 15.7. The van der Waals surface area contributed by atoms with Crippen LogP contribution in [0.25, 0.3) is 10.2 Å². The number of hydrogen-bond donors (Lipinski definition) is 1. The average Bonchev–Trinajstić information content (AvgIpc) is 3.08. The number of nitrogens with one attached hydrogen (secondary N) is 1. The van der Waals surface area contributed by atoms with Gasteiger partial charge in [-0.25, -0.2) is 9.37 Å². The Hall–Kier alpha value is -2.78. The summed E-state index contributed by atoms with van der Waals surface area (Å²) in [5.74, 6) is -0.516. The number of piperazine rings is 1. The van der Waals surface area contributed by atoms with Crippen LogP contribution in [0, 0.1) is 19.7 Å². The van der Waals surface area contributed by atoms with Gasteiger partial charge in [0.25, 0.3) is 5.56 Å². The number of hydrogen-bond acceptors (Lipinski definition) is 6. The van der Waals surface area contributed by atoms with Crippen LogP contribution in [0.15, 0.2) is 29.3 Å². The topological polar surface area (TPSA) is 70.5 Å². The maximum atomic E-state index is 14.1. The largest absolute Gasteiger partial charge is 0.369 e. The molecule has 4 rings (SSSR count). The number of carbonyl (C=O) groups excluding carboxylic acids is 1. The van der Waals surface area contributed by atoms with Crippen molar-refractivity contribution in [3.05, 3.63) is 56.7 Å². The SMILES string of the molecule is Cc1sc2ncn(CCC(=O)NC(C)c3cc(F)ccc3N3CCN(C)CC3)c(=O)c2c1C.